The van der Waals surface area contributed by atoms with Gasteiger partial charge >= 0.3 is 5.69 Å². The lowest BCUT2D eigenvalue weighted by Gasteiger charge is -2.06. The standard InChI is InChI=1S/C11H14O.C10H12O.C7H7N3O5/c1-4-5-10-8-9(2)6-7-11(10)12-3;1-3-6-9-7-4-5-8-10(9)11-2;1-8-15-7-3-2-5(9(11)12)4-6(7)10(13)14/h4,6-8H,1,5H2,2-3H3;3-5,7-8H,1,6H2,2H3;2-4,8H,1H3. The van der Waals surface area contributed by atoms with Gasteiger partial charge in [0.25, 0.3) is 5.69 Å². The summed E-state index contributed by atoms with van der Waals surface area (Å²) in [6.07, 6.45) is 5.49. The number of benzene rings is 3. The molecule has 0 aliphatic carbocycles. The molecule has 0 saturated carbocycles. The number of nitrogens with zero attached hydrogens (tertiary/aromatic N) is 2. The first kappa shape index (κ1) is 31.3. The molecule has 0 heterocycles. The maximum absolute atomic E-state index is 10.5. The molecule has 0 aliphatic heterocycles. The van der Waals surface area contributed by atoms with E-state index in [2.05, 4.69) is 31.6 Å². The van der Waals surface area contributed by atoms with Gasteiger partial charge in [0.15, 0.2) is 0 Å². The summed E-state index contributed by atoms with van der Waals surface area (Å²) in [5.74, 6) is 1.81. The zero-order valence-corrected chi connectivity index (χ0v) is 22.0. The third kappa shape index (κ3) is 10.1. The van der Waals surface area contributed by atoms with Crippen LogP contribution in [0.4, 0.5) is 11.4 Å². The van der Waals surface area contributed by atoms with Gasteiger partial charge in [-0.25, -0.2) is 0 Å². The van der Waals surface area contributed by atoms with E-state index in [1.54, 1.807) is 14.2 Å². The lowest BCUT2D eigenvalue weighted by Crippen LogP contribution is -2.12. The SMILES string of the molecule is C=CCc1cc(C)ccc1OC.C=CCc1ccccc1OC.CNOc1ccc([N+](=O)[O-])cc1[N+](=O)[O-]. The van der Waals surface area contributed by atoms with Crippen LogP contribution >= 0.6 is 0 Å². The van der Waals surface area contributed by atoms with Crippen LogP contribution in [0.1, 0.15) is 16.7 Å². The minimum Gasteiger partial charge on any atom is -0.496 e. The number of hydrogen-bond donors (Lipinski definition) is 1. The predicted octanol–water partition coefficient (Wildman–Crippen LogP) is 6.17. The molecule has 0 fully saturated rings. The van der Waals surface area contributed by atoms with Crippen molar-refractivity contribution in [1.29, 1.82) is 0 Å². The molecule has 3 rings (SSSR count). The number of ether oxygens (including phenoxy) is 2. The van der Waals surface area contributed by atoms with Crippen molar-refractivity contribution in [2.45, 2.75) is 19.8 Å². The van der Waals surface area contributed by atoms with E-state index in [0.29, 0.717) is 0 Å². The van der Waals surface area contributed by atoms with E-state index in [9.17, 15) is 20.2 Å². The van der Waals surface area contributed by atoms with Crippen molar-refractivity contribution in [3.05, 3.63) is 123 Å². The highest BCUT2D eigenvalue weighted by atomic mass is 16.7. The highest BCUT2D eigenvalue weighted by molar-refractivity contribution is 5.53. The molecule has 0 atom stereocenters. The molecular formula is C28H33N3O7. The highest BCUT2D eigenvalue weighted by Crippen LogP contribution is 2.30. The van der Waals surface area contributed by atoms with Crippen LogP contribution in [0.25, 0.3) is 0 Å². The summed E-state index contributed by atoms with van der Waals surface area (Å²) in [4.78, 5) is 24.2. The number of hydroxylamine groups is 1. The number of para-hydroxylation sites is 1. The van der Waals surface area contributed by atoms with E-state index < -0.39 is 15.5 Å². The number of allylic oxidation sites excluding steroid dienone is 2. The topological polar surface area (TPSA) is 126 Å². The number of nitro benzene ring substituents is 2. The lowest BCUT2D eigenvalue weighted by molar-refractivity contribution is -0.394. The lowest BCUT2D eigenvalue weighted by atomic mass is 10.1. The molecule has 0 unspecified atom stereocenters. The van der Waals surface area contributed by atoms with Crippen molar-refractivity contribution < 1.29 is 24.2 Å². The summed E-state index contributed by atoms with van der Waals surface area (Å²) in [6.45, 7) is 9.46. The number of nitrogens with one attached hydrogen (secondary N) is 1. The number of non-ortho nitro benzene ring substituents is 1. The first-order chi connectivity index (χ1) is 18.2. The summed E-state index contributed by atoms with van der Waals surface area (Å²) < 4.78 is 10.4. The largest absolute Gasteiger partial charge is 0.496 e. The van der Waals surface area contributed by atoms with E-state index in [1.807, 2.05) is 48.6 Å². The van der Waals surface area contributed by atoms with E-state index in [-0.39, 0.29) is 11.4 Å². The summed E-state index contributed by atoms with van der Waals surface area (Å²) in [7, 11) is 4.80. The van der Waals surface area contributed by atoms with Crippen molar-refractivity contribution >= 4 is 11.4 Å². The van der Waals surface area contributed by atoms with Crippen molar-refractivity contribution in [3.8, 4) is 17.2 Å². The maximum atomic E-state index is 10.5. The van der Waals surface area contributed by atoms with Crippen LogP contribution in [0, 0.1) is 27.2 Å². The van der Waals surface area contributed by atoms with Crippen LogP contribution in [-0.4, -0.2) is 31.1 Å². The monoisotopic (exact) mass is 523 g/mol. The number of rotatable bonds is 10. The average Bonchev–Trinajstić information content (AvgIpc) is 2.90. The minimum atomic E-state index is -0.750. The molecular weight excluding hydrogens is 490 g/mol. The molecule has 202 valence electrons. The van der Waals surface area contributed by atoms with Crippen LogP contribution < -0.4 is 19.8 Å². The first-order valence-corrected chi connectivity index (χ1v) is 11.5. The quantitative estimate of drug-likeness (QED) is 0.190. The number of hydrogen-bond acceptors (Lipinski definition) is 8. The third-order valence-electron chi connectivity index (χ3n) is 4.92. The molecule has 0 saturated heterocycles. The Bertz CT molecular complexity index is 1230. The zero-order chi connectivity index (χ0) is 28.5. The Kier molecular flexibility index (Phi) is 13.9. The van der Waals surface area contributed by atoms with Gasteiger partial charge in [-0.15, -0.1) is 13.2 Å². The van der Waals surface area contributed by atoms with Gasteiger partial charge < -0.3 is 14.3 Å². The van der Waals surface area contributed by atoms with E-state index in [1.165, 1.54) is 23.7 Å². The zero-order valence-electron chi connectivity index (χ0n) is 22.0. The Labute approximate surface area is 222 Å². The smallest absolute Gasteiger partial charge is 0.320 e. The van der Waals surface area contributed by atoms with Crippen molar-refractivity contribution in [1.82, 2.24) is 5.48 Å². The van der Waals surface area contributed by atoms with Crippen LogP contribution in [-0.2, 0) is 12.8 Å². The van der Waals surface area contributed by atoms with E-state index in [4.69, 9.17) is 14.3 Å². The summed E-state index contributed by atoms with van der Waals surface area (Å²) in [5, 5.41) is 20.9. The second-order valence-electron chi connectivity index (χ2n) is 7.59. The van der Waals surface area contributed by atoms with E-state index >= 15 is 0 Å². The summed E-state index contributed by atoms with van der Waals surface area (Å²) in [5.41, 5.74) is 5.08. The third-order valence-corrected chi connectivity index (χ3v) is 4.92. The molecule has 1 N–H and O–H groups in total. The van der Waals surface area contributed by atoms with Gasteiger partial charge in [-0.1, -0.05) is 48.0 Å². The Morgan fingerprint density at radius 1 is 0.816 bits per heavy atom. The molecule has 3 aromatic carbocycles. The van der Waals surface area contributed by atoms with Gasteiger partial charge in [0.05, 0.1) is 30.1 Å². The van der Waals surface area contributed by atoms with Gasteiger partial charge in [-0.2, -0.15) is 5.48 Å². The Hall–Kier alpha value is -4.70. The molecule has 0 aliphatic rings. The van der Waals surface area contributed by atoms with Gasteiger partial charge in [0, 0.05) is 13.1 Å². The minimum absolute atomic E-state index is 0.0758. The number of aryl methyl sites for hydroxylation is 1. The van der Waals surface area contributed by atoms with E-state index in [0.717, 1.165) is 42.5 Å². The van der Waals surface area contributed by atoms with Gasteiger partial charge in [0.1, 0.15) is 11.5 Å². The molecule has 3 aromatic rings. The second-order valence-corrected chi connectivity index (χ2v) is 7.59. The highest BCUT2D eigenvalue weighted by Gasteiger charge is 2.20. The first-order valence-electron chi connectivity index (χ1n) is 11.5. The molecule has 0 bridgehead atoms. The number of nitro groups is 2. The molecule has 0 aromatic heterocycles. The molecule has 0 spiro atoms. The summed E-state index contributed by atoms with van der Waals surface area (Å²) >= 11 is 0. The van der Waals surface area contributed by atoms with Gasteiger partial charge in [0.2, 0.25) is 5.75 Å². The van der Waals surface area contributed by atoms with Gasteiger partial charge in [-0.3, -0.25) is 20.2 Å². The molecule has 0 amide bonds. The fourth-order valence-electron chi connectivity index (χ4n) is 3.21. The van der Waals surface area contributed by atoms with Gasteiger partial charge in [-0.05, 0) is 49.1 Å². The van der Waals surface area contributed by atoms with Crippen LogP contribution in [0.15, 0.2) is 86.0 Å². The molecule has 0 radical (unpaired) electrons. The summed E-state index contributed by atoms with van der Waals surface area (Å²) in [6, 6.07) is 17.3. The Morgan fingerprint density at radius 2 is 1.39 bits per heavy atom. The van der Waals surface area contributed by atoms with Crippen molar-refractivity contribution in [2.75, 3.05) is 21.3 Å². The fraction of sp³-hybridized carbons (Fsp3) is 0.214. The molecule has 10 heteroatoms. The van der Waals surface area contributed by atoms with Crippen LogP contribution in [0.5, 0.6) is 17.2 Å². The van der Waals surface area contributed by atoms with Crippen molar-refractivity contribution in [2.24, 2.45) is 0 Å². The number of methoxy groups -OCH3 is 2. The fourth-order valence-corrected chi connectivity index (χ4v) is 3.21. The van der Waals surface area contributed by atoms with Crippen LogP contribution in [0.2, 0.25) is 0 Å². The average molecular weight is 524 g/mol. The Morgan fingerprint density at radius 3 is 1.95 bits per heavy atom. The second kappa shape index (κ2) is 16.9. The molecule has 38 heavy (non-hydrogen) atoms. The van der Waals surface area contributed by atoms with Crippen LogP contribution in [0.3, 0.4) is 0 Å². The van der Waals surface area contributed by atoms with Crippen molar-refractivity contribution in [3.63, 3.8) is 0 Å². The normalized spacial score (nSPS) is 9.47. The Balaban J connectivity index is 0.000000289. The maximum Gasteiger partial charge on any atom is 0.320 e. The molecule has 10 nitrogen and oxygen atoms in total. The predicted molar refractivity (Wildman–Crippen MR) is 148 cm³/mol.